The zero-order valence-electron chi connectivity index (χ0n) is 21.0. The van der Waals surface area contributed by atoms with E-state index in [-0.39, 0.29) is 11.1 Å². The Morgan fingerprint density at radius 1 is 0.649 bits per heavy atom. The summed E-state index contributed by atoms with van der Waals surface area (Å²) in [6.45, 7) is 2.24. The second-order valence-electron chi connectivity index (χ2n) is 9.47. The minimum Gasteiger partial charge on any atom is -0.205 e. The zero-order chi connectivity index (χ0) is 26.2. The molecule has 0 atom stereocenters. The minimum absolute atomic E-state index is 0.0919. The van der Waals surface area contributed by atoms with Crippen LogP contribution in [0, 0.1) is 29.3 Å². The summed E-state index contributed by atoms with van der Waals surface area (Å²) in [5.74, 6) is 3.06. The van der Waals surface area contributed by atoms with Crippen molar-refractivity contribution in [1.82, 2.24) is 0 Å². The van der Waals surface area contributed by atoms with Crippen molar-refractivity contribution in [3.8, 4) is 11.8 Å². The van der Waals surface area contributed by atoms with Crippen LogP contribution in [-0.4, -0.2) is 0 Å². The Morgan fingerprint density at radius 2 is 1.27 bits per heavy atom. The highest BCUT2D eigenvalue weighted by atomic mass is 35.5. The van der Waals surface area contributed by atoms with Crippen molar-refractivity contribution in [2.75, 3.05) is 0 Å². The van der Waals surface area contributed by atoms with E-state index >= 15 is 4.39 Å². The molecule has 0 nitrogen and oxygen atoms in total. The average Bonchev–Trinajstić information content (AvgIpc) is 2.90. The number of hydrogen-bond acceptors (Lipinski definition) is 0. The lowest BCUT2D eigenvalue weighted by atomic mass is 9.98. The van der Waals surface area contributed by atoms with Gasteiger partial charge in [0.05, 0.1) is 5.56 Å². The molecule has 0 aliphatic heterocycles. The van der Waals surface area contributed by atoms with Crippen LogP contribution in [-0.2, 0) is 19.3 Å². The molecule has 37 heavy (non-hydrogen) atoms. The molecule has 0 aliphatic carbocycles. The molecule has 0 spiro atoms. The summed E-state index contributed by atoms with van der Waals surface area (Å²) in [4.78, 5) is 0. The standard InChI is InChI=1S/C33H30ClF3/c1-2-3-4-5-6-7-23-8-10-24(11-9-23)12-13-25-15-19-29-28(20-25)18-17-27(33(29)37)16-14-26-21-30(35)32(34)31(36)22-26/h8-11,15,17-22H,2-7,12-13H2,1H3. The van der Waals surface area contributed by atoms with Crippen LogP contribution in [0.5, 0.6) is 0 Å². The summed E-state index contributed by atoms with van der Waals surface area (Å²) in [7, 11) is 0. The van der Waals surface area contributed by atoms with Crippen molar-refractivity contribution < 1.29 is 13.2 Å². The smallest absolute Gasteiger partial charge is 0.146 e. The van der Waals surface area contributed by atoms with Crippen LogP contribution >= 0.6 is 11.6 Å². The zero-order valence-corrected chi connectivity index (χ0v) is 21.8. The van der Waals surface area contributed by atoms with Crippen LogP contribution in [0.15, 0.2) is 66.7 Å². The lowest BCUT2D eigenvalue weighted by Gasteiger charge is -2.07. The van der Waals surface area contributed by atoms with Crippen LogP contribution in [0.25, 0.3) is 10.8 Å². The van der Waals surface area contributed by atoms with E-state index in [9.17, 15) is 8.78 Å². The Bertz CT molecular complexity index is 1410. The molecule has 4 rings (SSSR count). The first kappa shape index (κ1) is 26.8. The fourth-order valence-electron chi connectivity index (χ4n) is 4.45. The molecule has 0 heterocycles. The van der Waals surface area contributed by atoms with Gasteiger partial charge in [0.1, 0.15) is 22.5 Å². The van der Waals surface area contributed by atoms with Gasteiger partial charge in [-0.25, -0.2) is 13.2 Å². The van der Waals surface area contributed by atoms with Crippen LogP contribution in [0.1, 0.15) is 66.8 Å². The van der Waals surface area contributed by atoms with E-state index in [4.69, 9.17) is 11.6 Å². The number of fused-ring (bicyclic) bond motifs is 1. The van der Waals surface area contributed by atoms with Gasteiger partial charge in [-0.3, -0.25) is 0 Å². The van der Waals surface area contributed by atoms with Gasteiger partial charge in [-0.1, -0.05) is 105 Å². The number of hydrogen-bond donors (Lipinski definition) is 0. The first-order valence-corrected chi connectivity index (χ1v) is 13.3. The summed E-state index contributed by atoms with van der Waals surface area (Å²) < 4.78 is 42.4. The van der Waals surface area contributed by atoms with Crippen molar-refractivity contribution in [3.05, 3.63) is 117 Å². The largest absolute Gasteiger partial charge is 0.205 e. The van der Waals surface area contributed by atoms with Crippen molar-refractivity contribution in [2.24, 2.45) is 0 Å². The third-order valence-electron chi connectivity index (χ3n) is 6.64. The number of rotatable bonds is 9. The van der Waals surface area contributed by atoms with Gasteiger partial charge in [-0.2, -0.15) is 0 Å². The van der Waals surface area contributed by atoms with Crippen LogP contribution < -0.4 is 0 Å². The van der Waals surface area contributed by atoms with Crippen molar-refractivity contribution in [3.63, 3.8) is 0 Å². The van der Waals surface area contributed by atoms with Gasteiger partial charge in [0.2, 0.25) is 0 Å². The van der Waals surface area contributed by atoms with E-state index in [1.807, 2.05) is 18.2 Å². The van der Waals surface area contributed by atoms with Gasteiger partial charge >= 0.3 is 0 Å². The Labute approximate surface area is 222 Å². The second-order valence-corrected chi connectivity index (χ2v) is 9.85. The van der Waals surface area contributed by atoms with Gasteiger partial charge in [0.25, 0.3) is 0 Å². The molecule has 0 unspecified atom stereocenters. The Morgan fingerprint density at radius 3 is 1.97 bits per heavy atom. The van der Waals surface area contributed by atoms with Crippen LogP contribution in [0.3, 0.4) is 0 Å². The maximum atomic E-state index is 15.1. The lowest BCUT2D eigenvalue weighted by molar-refractivity contribution is 0.583. The number of aryl methyl sites for hydroxylation is 3. The first-order valence-electron chi connectivity index (χ1n) is 12.9. The van der Waals surface area contributed by atoms with E-state index in [1.54, 1.807) is 12.1 Å². The quantitative estimate of drug-likeness (QED) is 0.117. The first-order chi connectivity index (χ1) is 17.9. The Kier molecular flexibility index (Phi) is 9.31. The van der Waals surface area contributed by atoms with Crippen molar-refractivity contribution >= 4 is 22.4 Å². The maximum absolute atomic E-state index is 15.1. The molecule has 0 fully saturated rings. The normalized spacial score (nSPS) is 10.9. The van der Waals surface area contributed by atoms with E-state index < -0.39 is 22.5 Å². The fourth-order valence-corrected chi connectivity index (χ4v) is 4.56. The SMILES string of the molecule is CCCCCCCc1ccc(CCc2ccc3c(F)c(C#Cc4cc(F)c(Cl)c(F)c4)ccc3c2)cc1. The molecule has 0 saturated heterocycles. The van der Waals surface area contributed by atoms with Gasteiger partial charge in [-0.05, 0) is 66.0 Å². The third kappa shape index (κ3) is 7.18. The van der Waals surface area contributed by atoms with E-state index in [1.165, 1.54) is 43.2 Å². The monoisotopic (exact) mass is 518 g/mol. The molecule has 0 N–H and O–H groups in total. The second kappa shape index (κ2) is 12.8. The van der Waals surface area contributed by atoms with Crippen LogP contribution in [0.2, 0.25) is 5.02 Å². The highest BCUT2D eigenvalue weighted by Crippen LogP contribution is 2.24. The molecular weight excluding hydrogens is 489 g/mol. The average molecular weight is 519 g/mol. The third-order valence-corrected chi connectivity index (χ3v) is 7.00. The van der Waals surface area contributed by atoms with E-state index in [0.29, 0.717) is 5.39 Å². The van der Waals surface area contributed by atoms with Gasteiger partial charge in [0, 0.05) is 10.9 Å². The molecule has 4 aromatic rings. The topological polar surface area (TPSA) is 0 Å². The molecule has 0 aliphatic rings. The predicted molar refractivity (Wildman–Crippen MR) is 148 cm³/mol. The molecule has 0 radical (unpaired) electrons. The lowest BCUT2D eigenvalue weighted by Crippen LogP contribution is -1.94. The fraction of sp³-hybridized carbons (Fsp3) is 0.273. The molecule has 0 aromatic heterocycles. The van der Waals surface area contributed by atoms with Gasteiger partial charge in [0.15, 0.2) is 0 Å². The summed E-state index contributed by atoms with van der Waals surface area (Å²) in [5, 5.41) is 0.679. The summed E-state index contributed by atoms with van der Waals surface area (Å²) >= 11 is 5.50. The van der Waals surface area contributed by atoms with Crippen LogP contribution in [0.4, 0.5) is 13.2 Å². The minimum atomic E-state index is -0.897. The number of benzene rings is 4. The maximum Gasteiger partial charge on any atom is 0.146 e. The molecule has 0 amide bonds. The summed E-state index contributed by atoms with van der Waals surface area (Å²) in [5.41, 5.74) is 4.09. The summed E-state index contributed by atoms with van der Waals surface area (Å²) in [6, 6.07) is 20.1. The molecular formula is C33H30ClF3. The Balaban J connectivity index is 1.39. The number of unbranched alkanes of at least 4 members (excludes halogenated alkanes) is 4. The molecule has 0 saturated carbocycles. The highest BCUT2D eigenvalue weighted by Gasteiger charge is 2.09. The van der Waals surface area contributed by atoms with Crippen molar-refractivity contribution in [2.45, 2.75) is 58.3 Å². The summed E-state index contributed by atoms with van der Waals surface area (Å²) in [6.07, 6.45) is 9.39. The van der Waals surface area contributed by atoms with E-state index in [0.717, 1.165) is 42.3 Å². The Hall–Kier alpha value is -3.22. The molecule has 190 valence electrons. The van der Waals surface area contributed by atoms with Gasteiger partial charge in [-0.15, -0.1) is 0 Å². The number of halogens is 4. The molecule has 4 heteroatoms. The molecule has 0 bridgehead atoms. The van der Waals surface area contributed by atoms with E-state index in [2.05, 4.69) is 43.0 Å². The van der Waals surface area contributed by atoms with Gasteiger partial charge < -0.3 is 0 Å². The predicted octanol–water partition coefficient (Wildman–Crippen LogP) is 9.61. The highest BCUT2D eigenvalue weighted by molar-refractivity contribution is 6.30. The van der Waals surface area contributed by atoms with Crippen molar-refractivity contribution in [1.29, 1.82) is 0 Å². The molecule has 4 aromatic carbocycles.